The molecule has 0 amide bonds. The molecule has 0 aliphatic heterocycles. The van der Waals surface area contributed by atoms with E-state index in [9.17, 15) is 14.7 Å². The van der Waals surface area contributed by atoms with Crippen LogP contribution in [-0.2, 0) is 16.0 Å². The largest absolute Gasteiger partial charge is 0.480 e. The molecule has 0 fully saturated rings. The number of nitrogens with two attached hydrogens (primary N) is 1. The van der Waals surface area contributed by atoms with E-state index < -0.39 is 18.1 Å². The smallest absolute Gasteiger partial charge is 0.320 e. The average molecular weight is 292 g/mol. The lowest BCUT2D eigenvalue weighted by Crippen LogP contribution is -2.44. The van der Waals surface area contributed by atoms with Crippen LogP contribution in [-0.4, -0.2) is 36.0 Å². The van der Waals surface area contributed by atoms with Gasteiger partial charge in [0.1, 0.15) is 12.3 Å². The van der Waals surface area contributed by atoms with E-state index in [4.69, 9.17) is 5.73 Å². The second-order valence-corrected chi connectivity index (χ2v) is 5.11. The van der Waals surface area contributed by atoms with Crippen LogP contribution >= 0.6 is 0 Å². The maximum atomic E-state index is 11.3. The SMILES string of the molecule is NCCCC[C@@H](C=O)NC(CCc1ccccc1)C(=O)O. The number of carbonyl (C=O) groups is 2. The third-order valence-corrected chi connectivity index (χ3v) is 3.41. The zero-order valence-electron chi connectivity index (χ0n) is 12.2. The first-order valence-corrected chi connectivity index (χ1v) is 7.35. The molecule has 0 saturated carbocycles. The minimum Gasteiger partial charge on any atom is -0.480 e. The molecule has 116 valence electrons. The number of hydrogen-bond donors (Lipinski definition) is 3. The first-order chi connectivity index (χ1) is 10.2. The molecular weight excluding hydrogens is 268 g/mol. The molecule has 0 spiro atoms. The van der Waals surface area contributed by atoms with Crippen molar-refractivity contribution in [2.24, 2.45) is 5.73 Å². The molecule has 0 saturated heterocycles. The summed E-state index contributed by atoms with van der Waals surface area (Å²) in [6.45, 7) is 0.585. The summed E-state index contributed by atoms with van der Waals surface area (Å²) in [7, 11) is 0. The van der Waals surface area contributed by atoms with E-state index in [0.29, 0.717) is 25.8 Å². The summed E-state index contributed by atoms with van der Waals surface area (Å²) in [6, 6.07) is 8.59. The van der Waals surface area contributed by atoms with Crippen molar-refractivity contribution in [3.8, 4) is 0 Å². The maximum absolute atomic E-state index is 11.3. The molecule has 1 unspecified atom stereocenters. The van der Waals surface area contributed by atoms with Crippen LogP contribution in [0.2, 0.25) is 0 Å². The van der Waals surface area contributed by atoms with Gasteiger partial charge in [0.15, 0.2) is 0 Å². The summed E-state index contributed by atoms with van der Waals surface area (Å²) in [6.07, 6.45) is 4.19. The van der Waals surface area contributed by atoms with Gasteiger partial charge >= 0.3 is 5.97 Å². The lowest BCUT2D eigenvalue weighted by atomic mass is 10.0. The number of rotatable bonds is 11. The highest BCUT2D eigenvalue weighted by molar-refractivity contribution is 5.74. The summed E-state index contributed by atoms with van der Waals surface area (Å²) in [5.74, 6) is -0.920. The van der Waals surface area contributed by atoms with Crippen LogP contribution in [0.1, 0.15) is 31.2 Å². The standard InChI is InChI=1S/C16H24N2O3/c17-11-5-4-8-14(12-19)18-15(16(20)21)10-9-13-6-2-1-3-7-13/h1-3,6-7,12,14-15,18H,4-5,8-11,17H2,(H,20,21)/t14-,15?/m0/s1. The molecule has 0 aliphatic carbocycles. The van der Waals surface area contributed by atoms with Crippen molar-refractivity contribution in [2.45, 2.75) is 44.2 Å². The normalized spacial score (nSPS) is 13.6. The van der Waals surface area contributed by atoms with Gasteiger partial charge in [-0.3, -0.25) is 10.1 Å². The van der Waals surface area contributed by atoms with Gasteiger partial charge in [0.25, 0.3) is 0 Å². The van der Waals surface area contributed by atoms with E-state index in [-0.39, 0.29) is 0 Å². The lowest BCUT2D eigenvalue weighted by molar-refractivity contribution is -0.139. The number of carboxylic acids is 1. The van der Waals surface area contributed by atoms with Crippen LogP contribution in [0.5, 0.6) is 0 Å². The van der Waals surface area contributed by atoms with Gasteiger partial charge in [-0.2, -0.15) is 0 Å². The monoisotopic (exact) mass is 292 g/mol. The number of carboxylic acid groups (broad SMARTS) is 1. The molecule has 1 rings (SSSR count). The molecule has 0 radical (unpaired) electrons. The lowest BCUT2D eigenvalue weighted by Gasteiger charge is -2.19. The minimum absolute atomic E-state index is 0.423. The Morgan fingerprint density at radius 2 is 1.95 bits per heavy atom. The molecular formula is C16H24N2O3. The molecule has 0 bridgehead atoms. The van der Waals surface area contributed by atoms with Crippen molar-refractivity contribution in [1.29, 1.82) is 0 Å². The average Bonchev–Trinajstić information content (AvgIpc) is 2.50. The second-order valence-electron chi connectivity index (χ2n) is 5.11. The van der Waals surface area contributed by atoms with Crippen LogP contribution in [0.3, 0.4) is 0 Å². The zero-order valence-corrected chi connectivity index (χ0v) is 12.2. The van der Waals surface area contributed by atoms with E-state index in [1.807, 2.05) is 30.3 Å². The summed E-state index contributed by atoms with van der Waals surface area (Å²) in [5.41, 5.74) is 6.51. The molecule has 1 aromatic rings. The van der Waals surface area contributed by atoms with E-state index in [1.165, 1.54) is 0 Å². The highest BCUT2D eigenvalue weighted by atomic mass is 16.4. The maximum Gasteiger partial charge on any atom is 0.320 e. The molecule has 0 aliphatic rings. The van der Waals surface area contributed by atoms with Crippen LogP contribution in [0, 0.1) is 0 Å². The number of aliphatic carboxylic acids is 1. The molecule has 2 atom stereocenters. The molecule has 5 nitrogen and oxygen atoms in total. The predicted molar refractivity (Wildman–Crippen MR) is 82.1 cm³/mol. The van der Waals surface area contributed by atoms with Crippen molar-refractivity contribution >= 4 is 12.3 Å². The van der Waals surface area contributed by atoms with Gasteiger partial charge in [-0.05, 0) is 37.8 Å². The number of benzene rings is 1. The number of carbonyl (C=O) groups excluding carboxylic acids is 1. The van der Waals surface area contributed by atoms with Gasteiger partial charge in [0.2, 0.25) is 0 Å². The van der Waals surface area contributed by atoms with Crippen molar-refractivity contribution in [1.82, 2.24) is 5.32 Å². The number of unbranched alkanes of at least 4 members (excludes halogenated alkanes) is 1. The topological polar surface area (TPSA) is 92.4 Å². The Labute approximate surface area is 125 Å². The summed E-state index contributed by atoms with van der Waals surface area (Å²) in [5, 5.41) is 12.2. The zero-order chi connectivity index (χ0) is 15.5. The van der Waals surface area contributed by atoms with Gasteiger partial charge < -0.3 is 15.6 Å². The van der Waals surface area contributed by atoms with Gasteiger partial charge in [0.05, 0.1) is 6.04 Å². The van der Waals surface area contributed by atoms with Gasteiger partial charge in [-0.15, -0.1) is 0 Å². The Balaban J connectivity index is 2.48. The van der Waals surface area contributed by atoms with E-state index in [2.05, 4.69) is 5.32 Å². The Bertz CT molecular complexity index is 423. The van der Waals surface area contributed by atoms with Crippen molar-refractivity contribution in [2.75, 3.05) is 6.54 Å². The summed E-state index contributed by atoms with van der Waals surface area (Å²) < 4.78 is 0. The number of aryl methyl sites for hydroxylation is 1. The third kappa shape index (κ3) is 7.02. The summed E-state index contributed by atoms with van der Waals surface area (Å²) >= 11 is 0. The molecule has 5 heteroatoms. The quantitative estimate of drug-likeness (QED) is 0.423. The highest BCUT2D eigenvalue weighted by Gasteiger charge is 2.20. The Hall–Kier alpha value is -1.72. The van der Waals surface area contributed by atoms with E-state index in [1.54, 1.807) is 0 Å². The fourth-order valence-corrected chi connectivity index (χ4v) is 2.19. The molecule has 21 heavy (non-hydrogen) atoms. The van der Waals surface area contributed by atoms with E-state index in [0.717, 1.165) is 24.7 Å². The Morgan fingerprint density at radius 3 is 2.52 bits per heavy atom. The first-order valence-electron chi connectivity index (χ1n) is 7.35. The highest BCUT2D eigenvalue weighted by Crippen LogP contribution is 2.07. The minimum atomic E-state index is -0.920. The van der Waals surface area contributed by atoms with Crippen LogP contribution in [0.25, 0.3) is 0 Å². The van der Waals surface area contributed by atoms with E-state index >= 15 is 0 Å². The summed E-state index contributed by atoms with van der Waals surface area (Å²) in [4.78, 5) is 22.3. The number of nitrogens with one attached hydrogen (secondary N) is 1. The number of aldehydes is 1. The molecule has 4 N–H and O–H groups in total. The van der Waals surface area contributed by atoms with Gasteiger partial charge in [-0.1, -0.05) is 36.8 Å². The molecule has 0 aromatic heterocycles. The Morgan fingerprint density at radius 1 is 1.24 bits per heavy atom. The van der Waals surface area contributed by atoms with Gasteiger partial charge in [-0.25, -0.2) is 0 Å². The first kappa shape index (κ1) is 17.3. The fraction of sp³-hybridized carbons (Fsp3) is 0.500. The van der Waals surface area contributed by atoms with Crippen molar-refractivity contribution < 1.29 is 14.7 Å². The van der Waals surface area contributed by atoms with Crippen LogP contribution in [0.15, 0.2) is 30.3 Å². The van der Waals surface area contributed by atoms with Crippen LogP contribution < -0.4 is 11.1 Å². The molecule has 1 aromatic carbocycles. The van der Waals surface area contributed by atoms with Crippen molar-refractivity contribution in [3.05, 3.63) is 35.9 Å². The molecule has 0 heterocycles. The van der Waals surface area contributed by atoms with Crippen LogP contribution in [0.4, 0.5) is 0 Å². The third-order valence-electron chi connectivity index (χ3n) is 3.41. The number of hydrogen-bond acceptors (Lipinski definition) is 4. The van der Waals surface area contributed by atoms with Crippen molar-refractivity contribution in [3.63, 3.8) is 0 Å². The second kappa shape index (κ2) is 10.1. The van der Waals surface area contributed by atoms with Gasteiger partial charge in [0, 0.05) is 0 Å². The fourth-order valence-electron chi connectivity index (χ4n) is 2.19. The Kier molecular flexibility index (Phi) is 8.31. The predicted octanol–water partition coefficient (Wildman–Crippen LogP) is 1.36.